The molecule has 0 unspecified atom stereocenters. The molecule has 25 heavy (non-hydrogen) atoms. The van der Waals surface area contributed by atoms with Crippen LogP contribution in [0.3, 0.4) is 0 Å². The third kappa shape index (κ3) is 2.88. The number of rotatable bonds is 5. The van der Waals surface area contributed by atoms with E-state index in [1.807, 2.05) is 0 Å². The van der Waals surface area contributed by atoms with Crippen LogP contribution < -0.4 is 11.2 Å². The molecule has 3 heterocycles. The van der Waals surface area contributed by atoms with Gasteiger partial charge in [-0.25, -0.2) is 14.6 Å². The fourth-order valence-electron chi connectivity index (χ4n) is 2.66. The number of esters is 1. The van der Waals surface area contributed by atoms with Crippen LogP contribution in [-0.4, -0.2) is 31.3 Å². The van der Waals surface area contributed by atoms with E-state index in [1.165, 1.54) is 23.2 Å². The summed E-state index contributed by atoms with van der Waals surface area (Å²) >= 11 is 0. The number of hydrogen-bond acceptors (Lipinski definition) is 6. The smallest absolute Gasteiger partial charge is 0.341 e. The number of aryl methyl sites for hydroxylation is 3. The fourth-order valence-corrected chi connectivity index (χ4v) is 2.66. The molecule has 3 rings (SSSR count). The molecular weight excluding hydrogens is 328 g/mol. The average Bonchev–Trinajstić information content (AvgIpc) is 3.18. The van der Waals surface area contributed by atoms with Crippen molar-refractivity contribution in [3.8, 4) is 0 Å². The van der Waals surface area contributed by atoms with Gasteiger partial charge < -0.3 is 13.7 Å². The van der Waals surface area contributed by atoms with Gasteiger partial charge in [0.25, 0.3) is 5.56 Å². The summed E-state index contributed by atoms with van der Waals surface area (Å²) in [6, 6.07) is 1.54. The summed E-state index contributed by atoms with van der Waals surface area (Å²) in [6.07, 6.45) is 3.24. The van der Waals surface area contributed by atoms with Gasteiger partial charge in [-0.2, -0.15) is 0 Å². The van der Waals surface area contributed by atoms with Crippen LogP contribution in [0, 0.1) is 6.92 Å². The van der Waals surface area contributed by atoms with Crippen LogP contribution in [0.25, 0.3) is 11.2 Å². The molecule has 0 aliphatic heterocycles. The summed E-state index contributed by atoms with van der Waals surface area (Å²) in [5.74, 6) is -0.00895. The largest absolute Gasteiger partial charge is 0.469 e. The van der Waals surface area contributed by atoms with E-state index in [4.69, 9.17) is 9.15 Å². The second kappa shape index (κ2) is 6.42. The van der Waals surface area contributed by atoms with Crippen LogP contribution in [0.4, 0.5) is 0 Å². The first-order valence-corrected chi connectivity index (χ1v) is 7.74. The summed E-state index contributed by atoms with van der Waals surface area (Å²) in [7, 11) is 3.26. The minimum Gasteiger partial charge on any atom is -0.469 e. The van der Waals surface area contributed by atoms with Crippen molar-refractivity contribution in [3.05, 3.63) is 50.8 Å². The number of carbonyl (C=O) groups excluding carboxylic acids is 1. The minimum absolute atomic E-state index is 0.0858. The van der Waals surface area contributed by atoms with E-state index in [0.29, 0.717) is 28.9 Å². The Labute approximate surface area is 142 Å². The third-order valence-corrected chi connectivity index (χ3v) is 4.04. The molecular formula is C16H18N4O5. The van der Waals surface area contributed by atoms with Gasteiger partial charge in [0.15, 0.2) is 11.2 Å². The van der Waals surface area contributed by atoms with Gasteiger partial charge in [-0.3, -0.25) is 13.9 Å². The van der Waals surface area contributed by atoms with Crippen LogP contribution in [0.2, 0.25) is 0 Å². The second-order valence-corrected chi connectivity index (χ2v) is 5.71. The first kappa shape index (κ1) is 16.7. The topological polar surface area (TPSA) is 101 Å². The Morgan fingerprint density at radius 3 is 2.76 bits per heavy atom. The highest BCUT2D eigenvalue weighted by Crippen LogP contribution is 2.10. The Kier molecular flexibility index (Phi) is 4.30. The first-order chi connectivity index (χ1) is 11.9. The maximum Gasteiger partial charge on any atom is 0.341 e. The molecule has 3 aromatic rings. The highest BCUT2D eigenvalue weighted by molar-refractivity contribution is 5.90. The molecule has 0 N–H and O–H groups in total. The number of furan rings is 1. The standard InChI is InChI=1S/C16H18N4O5/c1-10-11(5-8-24-10)15(22)25-7-4-6-20-14(21)12-13(17-9-18(12)2)19(3)16(20)23/h5,8-9H,4,6-7H2,1-3H3. The van der Waals surface area contributed by atoms with Gasteiger partial charge in [0.1, 0.15) is 11.3 Å². The molecule has 0 fully saturated rings. The maximum absolute atomic E-state index is 12.5. The van der Waals surface area contributed by atoms with E-state index in [2.05, 4.69) is 4.98 Å². The SMILES string of the molecule is Cc1occc1C(=O)OCCCn1c(=O)c2c(ncn2C)n(C)c1=O. The molecule has 0 aromatic carbocycles. The van der Waals surface area contributed by atoms with Crippen LogP contribution >= 0.6 is 0 Å². The number of imidazole rings is 1. The summed E-state index contributed by atoms with van der Waals surface area (Å²) in [5, 5.41) is 0. The quantitative estimate of drug-likeness (QED) is 0.495. The number of hydrogen-bond donors (Lipinski definition) is 0. The Morgan fingerprint density at radius 2 is 2.08 bits per heavy atom. The van der Waals surface area contributed by atoms with E-state index in [0.717, 1.165) is 4.57 Å². The van der Waals surface area contributed by atoms with E-state index in [-0.39, 0.29) is 13.2 Å². The Balaban J connectivity index is 1.73. The Hall–Kier alpha value is -3.10. The van der Waals surface area contributed by atoms with Gasteiger partial charge >= 0.3 is 11.7 Å². The van der Waals surface area contributed by atoms with E-state index in [9.17, 15) is 14.4 Å². The van der Waals surface area contributed by atoms with E-state index in [1.54, 1.807) is 25.6 Å². The average molecular weight is 346 g/mol. The van der Waals surface area contributed by atoms with Crippen LogP contribution in [-0.2, 0) is 25.4 Å². The molecule has 0 aliphatic rings. The summed E-state index contributed by atoms with van der Waals surface area (Å²) in [4.78, 5) is 40.8. The second-order valence-electron chi connectivity index (χ2n) is 5.71. The molecule has 3 aromatic heterocycles. The van der Waals surface area contributed by atoms with Crippen LogP contribution in [0.1, 0.15) is 22.5 Å². The summed E-state index contributed by atoms with van der Waals surface area (Å²) in [6.45, 7) is 1.90. The lowest BCUT2D eigenvalue weighted by atomic mass is 10.3. The predicted octanol–water partition coefficient (Wildman–Crippen LogP) is 0.582. The fraction of sp³-hybridized carbons (Fsp3) is 0.375. The monoisotopic (exact) mass is 346 g/mol. The van der Waals surface area contributed by atoms with Gasteiger partial charge in [0, 0.05) is 20.6 Å². The lowest BCUT2D eigenvalue weighted by Crippen LogP contribution is -2.39. The highest BCUT2D eigenvalue weighted by atomic mass is 16.5. The van der Waals surface area contributed by atoms with E-state index >= 15 is 0 Å². The molecule has 0 amide bonds. The van der Waals surface area contributed by atoms with Crippen molar-refractivity contribution in [2.75, 3.05) is 6.61 Å². The van der Waals surface area contributed by atoms with Crippen molar-refractivity contribution in [2.45, 2.75) is 19.9 Å². The molecule has 0 bridgehead atoms. The van der Waals surface area contributed by atoms with Gasteiger partial charge in [0.05, 0.1) is 19.2 Å². The van der Waals surface area contributed by atoms with Gasteiger partial charge in [0.2, 0.25) is 0 Å². The normalized spacial score (nSPS) is 11.2. The van der Waals surface area contributed by atoms with Crippen molar-refractivity contribution in [1.29, 1.82) is 0 Å². The first-order valence-electron chi connectivity index (χ1n) is 7.74. The molecule has 9 heteroatoms. The highest BCUT2D eigenvalue weighted by Gasteiger charge is 2.15. The van der Waals surface area contributed by atoms with Crippen molar-refractivity contribution >= 4 is 17.1 Å². The zero-order valence-corrected chi connectivity index (χ0v) is 14.2. The number of nitrogens with zero attached hydrogens (tertiary/aromatic N) is 4. The molecule has 0 radical (unpaired) electrons. The lowest BCUT2D eigenvalue weighted by molar-refractivity contribution is 0.0493. The van der Waals surface area contributed by atoms with Crippen molar-refractivity contribution in [3.63, 3.8) is 0 Å². The zero-order valence-electron chi connectivity index (χ0n) is 14.2. The van der Waals surface area contributed by atoms with Crippen molar-refractivity contribution < 1.29 is 13.9 Å². The number of carbonyl (C=O) groups is 1. The molecule has 0 saturated heterocycles. The lowest BCUT2D eigenvalue weighted by Gasteiger charge is -2.09. The molecule has 0 atom stereocenters. The zero-order chi connectivity index (χ0) is 18.1. The third-order valence-electron chi connectivity index (χ3n) is 4.04. The molecule has 132 valence electrons. The van der Waals surface area contributed by atoms with Crippen LogP contribution in [0.15, 0.2) is 32.7 Å². The molecule has 0 saturated carbocycles. The predicted molar refractivity (Wildman–Crippen MR) is 88.6 cm³/mol. The minimum atomic E-state index is -0.492. The van der Waals surface area contributed by atoms with E-state index < -0.39 is 17.2 Å². The van der Waals surface area contributed by atoms with Gasteiger partial charge in [-0.15, -0.1) is 0 Å². The summed E-state index contributed by atoms with van der Waals surface area (Å²) in [5.41, 5.74) is 0.205. The summed E-state index contributed by atoms with van der Waals surface area (Å²) < 4.78 is 14.2. The molecule has 0 aliphatic carbocycles. The molecule has 9 nitrogen and oxygen atoms in total. The Morgan fingerprint density at radius 1 is 1.32 bits per heavy atom. The Bertz CT molecular complexity index is 1050. The van der Waals surface area contributed by atoms with Gasteiger partial charge in [-0.1, -0.05) is 0 Å². The van der Waals surface area contributed by atoms with Crippen molar-refractivity contribution in [2.24, 2.45) is 14.1 Å². The van der Waals surface area contributed by atoms with Crippen molar-refractivity contribution in [1.82, 2.24) is 18.7 Å². The number of aromatic nitrogens is 4. The number of fused-ring (bicyclic) bond motifs is 1. The maximum atomic E-state index is 12.5. The van der Waals surface area contributed by atoms with Gasteiger partial charge in [-0.05, 0) is 19.4 Å². The van der Waals surface area contributed by atoms with Crippen LogP contribution in [0.5, 0.6) is 0 Å². The molecule has 0 spiro atoms. The number of ether oxygens (including phenoxy) is 1.